The molecule has 1 rings (SSSR count). The number of unbranched alkanes of at least 4 members (excludes halogenated alkanes) is 1. The summed E-state index contributed by atoms with van der Waals surface area (Å²) in [6.45, 7) is 3.75. The van der Waals surface area contributed by atoms with Gasteiger partial charge in [0.1, 0.15) is 5.82 Å². The largest absolute Gasteiger partial charge is 0.381 e. The van der Waals surface area contributed by atoms with E-state index in [4.69, 9.17) is 16.3 Å². The summed E-state index contributed by atoms with van der Waals surface area (Å²) < 4.78 is 18.3. The minimum absolute atomic E-state index is 0.191. The van der Waals surface area contributed by atoms with Crippen LogP contribution in [0.25, 0.3) is 0 Å². The molecule has 0 saturated heterocycles. The Morgan fingerprint density at radius 2 is 1.94 bits per heavy atom. The zero-order chi connectivity index (χ0) is 13.2. The minimum Gasteiger partial charge on any atom is -0.381 e. The van der Waals surface area contributed by atoms with Gasteiger partial charge in [-0.25, -0.2) is 4.39 Å². The summed E-state index contributed by atoms with van der Waals surface area (Å²) in [4.78, 5) is 0. The van der Waals surface area contributed by atoms with Gasteiger partial charge in [-0.15, -0.1) is 11.6 Å². The lowest BCUT2D eigenvalue weighted by Gasteiger charge is -2.14. The monoisotopic (exact) mass is 272 g/mol. The van der Waals surface area contributed by atoms with Crippen LogP contribution in [0.15, 0.2) is 24.3 Å². The van der Waals surface area contributed by atoms with E-state index in [2.05, 4.69) is 6.92 Å². The van der Waals surface area contributed by atoms with Crippen LogP contribution in [0.3, 0.4) is 0 Å². The lowest BCUT2D eigenvalue weighted by molar-refractivity contribution is 0.119. The molecular weight excluding hydrogens is 251 g/mol. The number of halogens is 2. The lowest BCUT2D eigenvalue weighted by Crippen LogP contribution is -2.10. The first-order valence-electron chi connectivity index (χ1n) is 6.64. The average molecular weight is 273 g/mol. The Morgan fingerprint density at radius 3 is 2.56 bits per heavy atom. The third-order valence-corrected chi connectivity index (χ3v) is 3.40. The molecule has 0 aromatic heterocycles. The van der Waals surface area contributed by atoms with Crippen molar-refractivity contribution in [2.45, 2.75) is 32.6 Å². The Balaban J connectivity index is 2.26. The molecule has 1 nitrogen and oxygen atoms in total. The number of ether oxygens (including phenoxy) is 1. The highest BCUT2D eigenvalue weighted by molar-refractivity contribution is 6.18. The summed E-state index contributed by atoms with van der Waals surface area (Å²) >= 11 is 5.96. The molecule has 0 saturated carbocycles. The zero-order valence-electron chi connectivity index (χ0n) is 11.0. The van der Waals surface area contributed by atoms with Gasteiger partial charge >= 0.3 is 0 Å². The van der Waals surface area contributed by atoms with Crippen LogP contribution in [-0.2, 0) is 11.2 Å². The second-order valence-electron chi connectivity index (χ2n) is 4.61. The molecule has 0 spiro atoms. The number of alkyl halides is 1. The van der Waals surface area contributed by atoms with Crippen LogP contribution in [0.1, 0.15) is 31.7 Å². The first-order chi connectivity index (χ1) is 8.76. The number of benzene rings is 1. The van der Waals surface area contributed by atoms with E-state index in [1.807, 2.05) is 12.1 Å². The molecule has 0 N–H and O–H groups in total. The standard InChI is InChI=1S/C15H22ClFO/c1-2-3-9-18-10-8-14(12-16)11-13-4-6-15(17)7-5-13/h4-7,14H,2-3,8-12H2,1H3. The van der Waals surface area contributed by atoms with Crippen LogP contribution in [0.5, 0.6) is 0 Å². The number of hydrogen-bond donors (Lipinski definition) is 0. The molecule has 18 heavy (non-hydrogen) atoms. The van der Waals surface area contributed by atoms with Crippen LogP contribution in [0.2, 0.25) is 0 Å². The van der Waals surface area contributed by atoms with Crippen molar-refractivity contribution in [3.8, 4) is 0 Å². The molecule has 1 unspecified atom stereocenters. The Bertz CT molecular complexity index is 313. The first-order valence-corrected chi connectivity index (χ1v) is 7.17. The van der Waals surface area contributed by atoms with Crippen LogP contribution >= 0.6 is 11.6 Å². The van der Waals surface area contributed by atoms with Gasteiger partial charge in [0, 0.05) is 19.1 Å². The molecule has 102 valence electrons. The molecule has 0 aliphatic rings. The van der Waals surface area contributed by atoms with E-state index in [1.54, 1.807) is 0 Å². The first kappa shape index (κ1) is 15.5. The molecule has 3 heteroatoms. The van der Waals surface area contributed by atoms with Crippen molar-refractivity contribution in [3.05, 3.63) is 35.6 Å². The van der Waals surface area contributed by atoms with Crippen molar-refractivity contribution in [1.82, 2.24) is 0 Å². The van der Waals surface area contributed by atoms with Crippen LogP contribution in [0.4, 0.5) is 4.39 Å². The molecule has 1 atom stereocenters. The molecule has 0 heterocycles. The summed E-state index contributed by atoms with van der Waals surface area (Å²) in [5.41, 5.74) is 1.13. The Kier molecular flexibility index (Phi) is 8.03. The maximum absolute atomic E-state index is 12.8. The molecule has 0 fully saturated rings. The number of hydrogen-bond acceptors (Lipinski definition) is 1. The fourth-order valence-corrected chi connectivity index (χ4v) is 2.05. The van der Waals surface area contributed by atoms with Crippen molar-refractivity contribution in [2.75, 3.05) is 19.1 Å². The van der Waals surface area contributed by atoms with Gasteiger partial charge in [0.05, 0.1) is 0 Å². The summed E-state index contributed by atoms with van der Waals surface area (Å²) in [5.74, 6) is 0.831. The SMILES string of the molecule is CCCCOCCC(CCl)Cc1ccc(F)cc1. The Hall–Kier alpha value is -0.600. The highest BCUT2D eigenvalue weighted by atomic mass is 35.5. The van der Waals surface area contributed by atoms with E-state index in [0.29, 0.717) is 11.8 Å². The van der Waals surface area contributed by atoms with Gasteiger partial charge in [0.25, 0.3) is 0 Å². The summed E-state index contributed by atoms with van der Waals surface area (Å²) in [6, 6.07) is 6.65. The van der Waals surface area contributed by atoms with Crippen LogP contribution in [-0.4, -0.2) is 19.1 Å². The van der Waals surface area contributed by atoms with Crippen molar-refractivity contribution in [2.24, 2.45) is 5.92 Å². The lowest BCUT2D eigenvalue weighted by atomic mass is 9.98. The van der Waals surface area contributed by atoms with E-state index < -0.39 is 0 Å². The molecular formula is C15H22ClFO. The van der Waals surface area contributed by atoms with Gasteiger partial charge in [0.2, 0.25) is 0 Å². The fourth-order valence-electron chi connectivity index (χ4n) is 1.79. The van der Waals surface area contributed by atoms with Crippen molar-refractivity contribution in [1.29, 1.82) is 0 Å². The Labute approximate surface area is 114 Å². The van der Waals surface area contributed by atoms with Crippen molar-refractivity contribution in [3.63, 3.8) is 0 Å². The van der Waals surface area contributed by atoms with Gasteiger partial charge in [0.15, 0.2) is 0 Å². The van der Waals surface area contributed by atoms with Gasteiger partial charge in [-0.05, 0) is 42.9 Å². The third kappa shape index (κ3) is 6.36. The molecule has 0 aliphatic carbocycles. The van der Waals surface area contributed by atoms with Crippen LogP contribution < -0.4 is 0 Å². The molecule has 0 aliphatic heterocycles. The van der Waals surface area contributed by atoms with Gasteiger partial charge < -0.3 is 4.74 Å². The minimum atomic E-state index is -0.191. The second-order valence-corrected chi connectivity index (χ2v) is 4.91. The molecule has 0 amide bonds. The normalized spacial score (nSPS) is 12.6. The maximum Gasteiger partial charge on any atom is 0.123 e. The van der Waals surface area contributed by atoms with Crippen molar-refractivity contribution >= 4 is 11.6 Å². The van der Waals surface area contributed by atoms with Gasteiger partial charge in [-0.3, -0.25) is 0 Å². The quantitative estimate of drug-likeness (QED) is 0.477. The van der Waals surface area contributed by atoms with E-state index in [-0.39, 0.29) is 5.82 Å². The van der Waals surface area contributed by atoms with E-state index >= 15 is 0 Å². The molecule has 1 aromatic rings. The van der Waals surface area contributed by atoms with E-state index in [1.165, 1.54) is 12.1 Å². The second kappa shape index (κ2) is 9.35. The maximum atomic E-state index is 12.8. The van der Waals surface area contributed by atoms with E-state index in [0.717, 1.165) is 44.5 Å². The van der Waals surface area contributed by atoms with Crippen molar-refractivity contribution < 1.29 is 9.13 Å². The average Bonchev–Trinajstić information content (AvgIpc) is 2.39. The van der Waals surface area contributed by atoms with Gasteiger partial charge in [-0.2, -0.15) is 0 Å². The molecule has 0 bridgehead atoms. The molecule has 0 radical (unpaired) electrons. The topological polar surface area (TPSA) is 9.23 Å². The molecule has 1 aromatic carbocycles. The van der Waals surface area contributed by atoms with Crippen LogP contribution in [0, 0.1) is 11.7 Å². The van der Waals surface area contributed by atoms with E-state index in [9.17, 15) is 4.39 Å². The highest BCUT2D eigenvalue weighted by Gasteiger charge is 2.08. The predicted molar refractivity (Wildman–Crippen MR) is 74.7 cm³/mol. The fraction of sp³-hybridized carbons (Fsp3) is 0.600. The smallest absolute Gasteiger partial charge is 0.123 e. The Morgan fingerprint density at radius 1 is 1.22 bits per heavy atom. The third-order valence-electron chi connectivity index (χ3n) is 2.97. The summed E-state index contributed by atoms with van der Waals surface area (Å²) in [7, 11) is 0. The number of rotatable bonds is 9. The zero-order valence-corrected chi connectivity index (χ0v) is 11.8. The highest BCUT2D eigenvalue weighted by Crippen LogP contribution is 2.15. The predicted octanol–water partition coefficient (Wildman–Crippen LogP) is 4.43. The van der Waals surface area contributed by atoms with Gasteiger partial charge in [-0.1, -0.05) is 25.5 Å². The summed E-state index contributed by atoms with van der Waals surface area (Å²) in [5, 5.41) is 0. The summed E-state index contributed by atoms with van der Waals surface area (Å²) in [6.07, 6.45) is 4.13.